The molecule has 1 unspecified atom stereocenters. The summed E-state index contributed by atoms with van der Waals surface area (Å²) in [6.07, 6.45) is 0. The molecule has 23 heavy (non-hydrogen) atoms. The fraction of sp³-hybridized carbons (Fsp3) is 0.0556. The van der Waals surface area contributed by atoms with E-state index in [1.165, 1.54) is 0 Å². The van der Waals surface area contributed by atoms with Crippen molar-refractivity contribution in [3.8, 4) is 0 Å². The molecule has 0 spiro atoms. The third-order valence-electron chi connectivity index (χ3n) is 3.78. The lowest BCUT2D eigenvalue weighted by Gasteiger charge is -2.20. The van der Waals surface area contributed by atoms with Crippen LogP contribution in [-0.4, -0.2) is 23.1 Å². The van der Waals surface area contributed by atoms with Crippen LogP contribution in [0.3, 0.4) is 0 Å². The van der Waals surface area contributed by atoms with Crippen LogP contribution in [0.4, 0.5) is 0 Å². The van der Waals surface area contributed by atoms with Crippen molar-refractivity contribution in [2.24, 2.45) is 0 Å². The number of amides is 1. The summed E-state index contributed by atoms with van der Waals surface area (Å²) < 4.78 is 0. The first-order chi connectivity index (χ1) is 11.2. The Bertz CT molecular complexity index is 815. The number of rotatable bonds is 4. The molecule has 0 radical (unpaired) electrons. The highest BCUT2D eigenvalue weighted by Gasteiger charge is 2.28. The molecule has 0 saturated carbocycles. The van der Waals surface area contributed by atoms with Crippen LogP contribution in [0, 0.1) is 0 Å². The van der Waals surface area contributed by atoms with Gasteiger partial charge < -0.3 is 15.4 Å². The summed E-state index contributed by atoms with van der Waals surface area (Å²) >= 11 is 0. The first kappa shape index (κ1) is 15.3. The van der Waals surface area contributed by atoms with E-state index >= 15 is 0 Å². The van der Waals surface area contributed by atoms with Crippen LogP contribution in [0.1, 0.15) is 21.9 Å². The predicted molar refractivity (Wildman–Crippen MR) is 90.8 cm³/mol. The average molecular weight is 305 g/mol. The number of hydrogen-bond acceptors (Lipinski definition) is 3. The standard InChI is InChI=1S/C18H16BNO3/c21-18(14-8-2-1-3-9-14)20-17(19(22)23)16-12-6-10-13-7-4-5-11-15(13)16/h1-12,17,22-23H,(H,20,21). The van der Waals surface area contributed by atoms with Gasteiger partial charge in [-0.05, 0) is 28.5 Å². The highest BCUT2D eigenvalue weighted by molar-refractivity contribution is 6.44. The third kappa shape index (κ3) is 3.26. The minimum Gasteiger partial charge on any atom is -0.426 e. The Labute approximate surface area is 134 Å². The van der Waals surface area contributed by atoms with Crippen molar-refractivity contribution in [1.82, 2.24) is 5.32 Å². The van der Waals surface area contributed by atoms with Crippen molar-refractivity contribution in [1.29, 1.82) is 0 Å². The highest BCUT2D eigenvalue weighted by atomic mass is 16.4. The normalized spacial score (nSPS) is 11.9. The van der Waals surface area contributed by atoms with Gasteiger partial charge in [0.25, 0.3) is 5.91 Å². The first-order valence-corrected chi connectivity index (χ1v) is 7.36. The summed E-state index contributed by atoms with van der Waals surface area (Å²) in [7, 11) is -1.70. The lowest BCUT2D eigenvalue weighted by molar-refractivity contribution is 0.0942. The summed E-state index contributed by atoms with van der Waals surface area (Å²) in [5, 5.41) is 24.1. The van der Waals surface area contributed by atoms with Gasteiger partial charge in [0.15, 0.2) is 0 Å². The quantitative estimate of drug-likeness (QED) is 0.648. The molecule has 0 bridgehead atoms. The van der Waals surface area contributed by atoms with Crippen LogP contribution in [-0.2, 0) is 0 Å². The summed E-state index contributed by atoms with van der Waals surface area (Å²) in [5.74, 6) is -1.26. The molecule has 114 valence electrons. The van der Waals surface area contributed by atoms with Gasteiger partial charge in [0.2, 0.25) is 0 Å². The van der Waals surface area contributed by atoms with Gasteiger partial charge in [0.05, 0.1) is 5.94 Å². The zero-order valence-electron chi connectivity index (χ0n) is 12.4. The van der Waals surface area contributed by atoms with Crippen molar-refractivity contribution >= 4 is 23.8 Å². The van der Waals surface area contributed by atoms with E-state index in [2.05, 4.69) is 5.32 Å². The Morgan fingerprint density at radius 1 is 0.870 bits per heavy atom. The zero-order chi connectivity index (χ0) is 16.2. The van der Waals surface area contributed by atoms with Gasteiger partial charge in [0.1, 0.15) is 0 Å². The van der Waals surface area contributed by atoms with E-state index < -0.39 is 13.1 Å². The number of nitrogens with one attached hydrogen (secondary N) is 1. The molecule has 0 aliphatic rings. The van der Waals surface area contributed by atoms with Crippen LogP contribution in [0.2, 0.25) is 0 Å². The maximum absolute atomic E-state index is 12.3. The van der Waals surface area contributed by atoms with Crippen molar-refractivity contribution in [3.05, 3.63) is 83.9 Å². The summed E-state index contributed by atoms with van der Waals surface area (Å²) in [4.78, 5) is 12.3. The molecule has 1 amide bonds. The van der Waals surface area contributed by atoms with E-state index in [9.17, 15) is 14.8 Å². The average Bonchev–Trinajstić information content (AvgIpc) is 2.59. The lowest BCUT2D eigenvalue weighted by atomic mass is 9.73. The molecule has 3 rings (SSSR count). The summed E-state index contributed by atoms with van der Waals surface area (Å²) in [6, 6.07) is 21.9. The summed E-state index contributed by atoms with van der Waals surface area (Å²) in [6.45, 7) is 0. The molecule has 1 atom stereocenters. The van der Waals surface area contributed by atoms with Gasteiger partial charge in [0, 0.05) is 5.56 Å². The molecular formula is C18H16BNO3. The van der Waals surface area contributed by atoms with Gasteiger partial charge in [-0.25, -0.2) is 0 Å². The molecular weight excluding hydrogens is 289 g/mol. The number of fused-ring (bicyclic) bond motifs is 1. The van der Waals surface area contributed by atoms with E-state index in [-0.39, 0.29) is 5.91 Å². The second kappa shape index (κ2) is 6.65. The van der Waals surface area contributed by atoms with Crippen LogP contribution in [0.5, 0.6) is 0 Å². The van der Waals surface area contributed by atoms with Crippen molar-refractivity contribution < 1.29 is 14.8 Å². The maximum atomic E-state index is 12.3. The van der Waals surface area contributed by atoms with E-state index in [1.54, 1.807) is 30.3 Å². The van der Waals surface area contributed by atoms with Gasteiger partial charge in [-0.15, -0.1) is 0 Å². The third-order valence-corrected chi connectivity index (χ3v) is 3.78. The minimum atomic E-state index is -1.70. The lowest BCUT2D eigenvalue weighted by Crippen LogP contribution is -2.39. The molecule has 3 aromatic rings. The van der Waals surface area contributed by atoms with Crippen molar-refractivity contribution in [2.45, 2.75) is 5.94 Å². The van der Waals surface area contributed by atoms with Crippen LogP contribution in [0.15, 0.2) is 72.8 Å². The van der Waals surface area contributed by atoms with Crippen LogP contribution >= 0.6 is 0 Å². The van der Waals surface area contributed by atoms with Crippen LogP contribution in [0.25, 0.3) is 10.8 Å². The Hall–Kier alpha value is -2.63. The molecule has 5 heteroatoms. The fourth-order valence-electron chi connectivity index (χ4n) is 2.65. The molecule has 0 saturated heterocycles. The molecule has 0 aromatic heterocycles. The molecule has 0 aliphatic heterocycles. The van der Waals surface area contributed by atoms with Crippen molar-refractivity contribution in [2.75, 3.05) is 0 Å². The molecule has 0 aliphatic carbocycles. The predicted octanol–water partition coefficient (Wildman–Crippen LogP) is 2.32. The van der Waals surface area contributed by atoms with E-state index in [4.69, 9.17) is 0 Å². The smallest absolute Gasteiger partial charge is 0.426 e. The fourth-order valence-corrected chi connectivity index (χ4v) is 2.65. The van der Waals surface area contributed by atoms with Gasteiger partial charge in [-0.2, -0.15) is 0 Å². The molecule has 4 nitrogen and oxygen atoms in total. The van der Waals surface area contributed by atoms with E-state index in [0.717, 1.165) is 10.8 Å². The molecule has 0 fully saturated rings. The SMILES string of the molecule is O=C(NC(B(O)O)c1cccc2ccccc12)c1ccccc1. The second-order valence-corrected chi connectivity index (χ2v) is 5.30. The molecule has 3 aromatic carbocycles. The zero-order valence-corrected chi connectivity index (χ0v) is 12.4. The highest BCUT2D eigenvalue weighted by Crippen LogP contribution is 2.25. The van der Waals surface area contributed by atoms with Gasteiger partial charge in [-0.3, -0.25) is 4.79 Å². The Morgan fingerprint density at radius 3 is 2.26 bits per heavy atom. The topological polar surface area (TPSA) is 69.6 Å². The summed E-state index contributed by atoms with van der Waals surface area (Å²) in [5.41, 5.74) is 1.14. The Kier molecular flexibility index (Phi) is 4.41. The largest absolute Gasteiger partial charge is 0.480 e. The number of benzene rings is 3. The minimum absolute atomic E-state index is 0.350. The Morgan fingerprint density at radius 2 is 1.52 bits per heavy atom. The number of carbonyl (C=O) groups excluding carboxylic acids is 1. The van der Waals surface area contributed by atoms with Gasteiger partial charge >= 0.3 is 7.12 Å². The Balaban J connectivity index is 1.97. The van der Waals surface area contributed by atoms with Gasteiger partial charge in [-0.1, -0.05) is 60.7 Å². The number of carbonyl (C=O) groups is 1. The number of hydrogen-bond donors (Lipinski definition) is 3. The van der Waals surface area contributed by atoms with E-state index in [0.29, 0.717) is 11.1 Å². The van der Waals surface area contributed by atoms with Crippen molar-refractivity contribution in [3.63, 3.8) is 0 Å². The van der Waals surface area contributed by atoms with Crippen LogP contribution < -0.4 is 5.32 Å². The molecule has 3 N–H and O–H groups in total. The monoisotopic (exact) mass is 305 g/mol. The second-order valence-electron chi connectivity index (χ2n) is 5.30. The molecule has 0 heterocycles. The maximum Gasteiger partial charge on any atom is 0.480 e. The van der Waals surface area contributed by atoms with E-state index in [1.807, 2.05) is 42.5 Å². The first-order valence-electron chi connectivity index (χ1n) is 7.36.